The van der Waals surface area contributed by atoms with Gasteiger partial charge in [-0.1, -0.05) is 13.0 Å². The Morgan fingerprint density at radius 1 is 1.48 bits per heavy atom. The molecule has 5 heteroatoms. The van der Waals surface area contributed by atoms with Crippen molar-refractivity contribution in [1.29, 1.82) is 0 Å². The van der Waals surface area contributed by atoms with Gasteiger partial charge in [0.15, 0.2) is 0 Å². The molecule has 1 atom stereocenters. The summed E-state index contributed by atoms with van der Waals surface area (Å²) in [4.78, 5) is 12.2. The Balaban J connectivity index is 1.76. The van der Waals surface area contributed by atoms with Gasteiger partial charge in [-0.25, -0.2) is 0 Å². The van der Waals surface area contributed by atoms with Crippen molar-refractivity contribution >= 4 is 22.5 Å². The number of fused-ring (bicyclic) bond motifs is 1. The number of benzene rings is 1. The molecule has 1 aromatic heterocycles. The van der Waals surface area contributed by atoms with Crippen molar-refractivity contribution in [2.45, 2.75) is 26.0 Å². The van der Waals surface area contributed by atoms with Gasteiger partial charge in [0.05, 0.1) is 12.1 Å². The number of aromatic nitrogens is 1. The van der Waals surface area contributed by atoms with Crippen LogP contribution in [0.1, 0.15) is 13.3 Å². The van der Waals surface area contributed by atoms with E-state index in [2.05, 4.69) is 34.4 Å². The van der Waals surface area contributed by atoms with Crippen LogP contribution in [0.25, 0.3) is 10.9 Å². The Morgan fingerprint density at radius 2 is 2.38 bits per heavy atom. The molecule has 2 N–H and O–H groups in total. The summed E-state index contributed by atoms with van der Waals surface area (Å²) in [6.45, 7) is 5.10. The molecule has 0 bridgehead atoms. The van der Waals surface area contributed by atoms with Gasteiger partial charge in [-0.2, -0.15) is 0 Å². The minimum atomic E-state index is -0.406. The van der Waals surface area contributed by atoms with E-state index in [1.165, 1.54) is 5.39 Å². The summed E-state index contributed by atoms with van der Waals surface area (Å²) in [5, 5.41) is 7.30. The summed E-state index contributed by atoms with van der Waals surface area (Å²) < 4.78 is 7.68. The first-order chi connectivity index (χ1) is 10.3. The zero-order valence-electron chi connectivity index (χ0n) is 12.3. The van der Waals surface area contributed by atoms with Gasteiger partial charge < -0.3 is 19.9 Å². The average Bonchev–Trinajstić information content (AvgIpc) is 2.91. The second-order valence-electron chi connectivity index (χ2n) is 5.34. The number of morpholine rings is 1. The first-order valence-corrected chi connectivity index (χ1v) is 7.50. The molecule has 112 valence electrons. The third kappa shape index (κ3) is 3.09. The molecule has 0 radical (unpaired) electrons. The summed E-state index contributed by atoms with van der Waals surface area (Å²) >= 11 is 0. The Labute approximate surface area is 124 Å². The lowest BCUT2D eigenvalue weighted by Gasteiger charge is -2.22. The summed E-state index contributed by atoms with van der Waals surface area (Å²) in [6.07, 6.45) is 2.77. The predicted octanol–water partition coefficient (Wildman–Crippen LogP) is 1.98. The molecule has 1 aromatic carbocycles. The topological polar surface area (TPSA) is 55.3 Å². The fourth-order valence-electron chi connectivity index (χ4n) is 2.65. The number of nitrogens with one attached hydrogen (secondary N) is 2. The van der Waals surface area contributed by atoms with Gasteiger partial charge in [0.25, 0.3) is 5.91 Å². The number of ether oxygens (including phenoxy) is 1. The van der Waals surface area contributed by atoms with Gasteiger partial charge >= 0.3 is 0 Å². The first kappa shape index (κ1) is 14.1. The Morgan fingerprint density at radius 3 is 3.14 bits per heavy atom. The Hall–Kier alpha value is -1.85. The largest absolute Gasteiger partial charge is 0.366 e. The van der Waals surface area contributed by atoms with Crippen molar-refractivity contribution in [2.75, 3.05) is 25.0 Å². The normalized spacial score (nSPS) is 18.8. The summed E-state index contributed by atoms with van der Waals surface area (Å²) in [7, 11) is 0. The molecule has 1 aliphatic heterocycles. The second-order valence-corrected chi connectivity index (χ2v) is 5.34. The highest BCUT2D eigenvalue weighted by molar-refractivity contribution is 5.96. The van der Waals surface area contributed by atoms with E-state index in [0.717, 1.165) is 30.7 Å². The molecule has 21 heavy (non-hydrogen) atoms. The molecule has 2 heterocycles. The highest BCUT2D eigenvalue weighted by atomic mass is 16.5. The maximum atomic E-state index is 12.2. The van der Waals surface area contributed by atoms with E-state index in [1.807, 2.05) is 18.2 Å². The van der Waals surface area contributed by atoms with Gasteiger partial charge in [-0.05, 0) is 30.0 Å². The zero-order valence-corrected chi connectivity index (χ0v) is 12.3. The molecule has 0 aliphatic carbocycles. The van der Waals surface area contributed by atoms with Crippen LogP contribution in [0.2, 0.25) is 0 Å². The zero-order chi connectivity index (χ0) is 14.7. The monoisotopic (exact) mass is 287 g/mol. The van der Waals surface area contributed by atoms with Gasteiger partial charge in [-0.15, -0.1) is 0 Å². The van der Waals surface area contributed by atoms with Crippen molar-refractivity contribution < 1.29 is 9.53 Å². The van der Waals surface area contributed by atoms with Crippen molar-refractivity contribution in [3.8, 4) is 0 Å². The first-order valence-electron chi connectivity index (χ1n) is 7.50. The van der Waals surface area contributed by atoms with E-state index in [0.29, 0.717) is 13.2 Å². The lowest BCUT2D eigenvalue weighted by molar-refractivity contribution is -0.128. The molecule has 1 fully saturated rings. The van der Waals surface area contributed by atoms with Crippen LogP contribution in [-0.2, 0) is 16.1 Å². The number of carbonyl (C=O) groups is 1. The highest BCUT2D eigenvalue weighted by Crippen LogP contribution is 2.21. The number of anilines is 1. The predicted molar refractivity (Wildman–Crippen MR) is 83.5 cm³/mol. The fourth-order valence-corrected chi connectivity index (χ4v) is 2.65. The fraction of sp³-hybridized carbons (Fsp3) is 0.438. The summed E-state index contributed by atoms with van der Waals surface area (Å²) in [6, 6.07) is 8.10. The Kier molecular flexibility index (Phi) is 4.22. The van der Waals surface area contributed by atoms with Gasteiger partial charge in [0.1, 0.15) is 6.10 Å². The SMILES string of the molecule is CCCn1ccc2ccc(NC(=O)C3CNCCO3)cc21. The average molecular weight is 287 g/mol. The molecule has 1 aliphatic rings. The number of rotatable bonds is 4. The van der Waals surface area contributed by atoms with Crippen LogP contribution in [0, 0.1) is 0 Å². The van der Waals surface area contributed by atoms with E-state index >= 15 is 0 Å². The molecule has 1 unspecified atom stereocenters. The number of nitrogens with zero attached hydrogens (tertiary/aromatic N) is 1. The van der Waals surface area contributed by atoms with Crippen LogP contribution < -0.4 is 10.6 Å². The van der Waals surface area contributed by atoms with Crippen molar-refractivity contribution in [3.05, 3.63) is 30.5 Å². The Bertz CT molecular complexity index is 629. The van der Waals surface area contributed by atoms with Crippen LogP contribution in [0.4, 0.5) is 5.69 Å². The minimum absolute atomic E-state index is 0.0878. The van der Waals surface area contributed by atoms with Gasteiger partial charge in [0.2, 0.25) is 0 Å². The van der Waals surface area contributed by atoms with Gasteiger partial charge in [0, 0.05) is 31.5 Å². The number of amides is 1. The maximum Gasteiger partial charge on any atom is 0.254 e. The van der Waals surface area contributed by atoms with E-state index in [4.69, 9.17) is 4.74 Å². The lowest BCUT2D eigenvalue weighted by Crippen LogP contribution is -2.45. The third-order valence-corrected chi connectivity index (χ3v) is 3.73. The standard InChI is InChI=1S/C16H21N3O2/c1-2-7-19-8-5-12-3-4-13(10-14(12)19)18-16(20)15-11-17-6-9-21-15/h3-5,8,10,15,17H,2,6-7,9,11H2,1H3,(H,18,20). The molecule has 5 nitrogen and oxygen atoms in total. The molecular formula is C16H21N3O2. The number of carbonyl (C=O) groups excluding carboxylic acids is 1. The molecule has 0 saturated carbocycles. The molecular weight excluding hydrogens is 266 g/mol. The number of hydrogen-bond donors (Lipinski definition) is 2. The number of aryl methyl sites for hydroxylation is 1. The molecule has 1 amide bonds. The smallest absolute Gasteiger partial charge is 0.254 e. The van der Waals surface area contributed by atoms with Crippen LogP contribution >= 0.6 is 0 Å². The molecule has 2 aromatic rings. The summed E-state index contributed by atoms with van der Waals surface area (Å²) in [5.74, 6) is -0.0878. The van der Waals surface area contributed by atoms with E-state index in [1.54, 1.807) is 0 Å². The lowest BCUT2D eigenvalue weighted by atomic mass is 10.2. The third-order valence-electron chi connectivity index (χ3n) is 3.73. The molecule has 1 saturated heterocycles. The van der Waals surface area contributed by atoms with E-state index < -0.39 is 6.10 Å². The van der Waals surface area contributed by atoms with E-state index in [-0.39, 0.29) is 5.91 Å². The second kappa shape index (κ2) is 6.28. The van der Waals surface area contributed by atoms with Crippen molar-refractivity contribution in [2.24, 2.45) is 0 Å². The van der Waals surface area contributed by atoms with Crippen LogP contribution in [-0.4, -0.2) is 36.3 Å². The highest BCUT2D eigenvalue weighted by Gasteiger charge is 2.21. The quantitative estimate of drug-likeness (QED) is 0.904. The molecule has 0 spiro atoms. The van der Waals surface area contributed by atoms with Crippen molar-refractivity contribution in [1.82, 2.24) is 9.88 Å². The van der Waals surface area contributed by atoms with Crippen LogP contribution in [0.15, 0.2) is 30.5 Å². The maximum absolute atomic E-state index is 12.2. The van der Waals surface area contributed by atoms with E-state index in [9.17, 15) is 4.79 Å². The van der Waals surface area contributed by atoms with Crippen LogP contribution in [0.3, 0.4) is 0 Å². The number of hydrogen-bond acceptors (Lipinski definition) is 3. The molecule has 3 rings (SSSR count). The minimum Gasteiger partial charge on any atom is -0.366 e. The van der Waals surface area contributed by atoms with Gasteiger partial charge in [-0.3, -0.25) is 4.79 Å². The van der Waals surface area contributed by atoms with Crippen molar-refractivity contribution in [3.63, 3.8) is 0 Å². The van der Waals surface area contributed by atoms with Crippen LogP contribution in [0.5, 0.6) is 0 Å². The summed E-state index contributed by atoms with van der Waals surface area (Å²) in [5.41, 5.74) is 1.97.